The summed E-state index contributed by atoms with van der Waals surface area (Å²) in [6.07, 6.45) is 4.52. The zero-order chi connectivity index (χ0) is 20.7. The van der Waals surface area contributed by atoms with Gasteiger partial charge in [-0.2, -0.15) is 0 Å². The highest BCUT2D eigenvalue weighted by Gasteiger charge is 2.36. The SMILES string of the molecule is C[C@H](OC[C@@H]1CCCCO1)C(=O)O[C@H](C)[C@H]1CCCCN1C(=O)OC(C)(C)C. The maximum absolute atomic E-state index is 12.6. The fourth-order valence-electron chi connectivity index (χ4n) is 3.61. The average molecular weight is 400 g/mol. The highest BCUT2D eigenvalue weighted by Crippen LogP contribution is 2.24. The van der Waals surface area contributed by atoms with Gasteiger partial charge in [-0.25, -0.2) is 9.59 Å². The van der Waals surface area contributed by atoms with Crippen LogP contribution in [-0.4, -0.2) is 66.7 Å². The maximum atomic E-state index is 12.6. The highest BCUT2D eigenvalue weighted by molar-refractivity contribution is 5.74. The Morgan fingerprint density at radius 1 is 1.11 bits per heavy atom. The van der Waals surface area contributed by atoms with E-state index in [1.54, 1.807) is 11.8 Å². The molecule has 0 aromatic carbocycles. The van der Waals surface area contributed by atoms with Crippen LogP contribution in [0.25, 0.3) is 0 Å². The van der Waals surface area contributed by atoms with E-state index >= 15 is 0 Å². The van der Waals surface area contributed by atoms with Crippen molar-refractivity contribution in [1.82, 2.24) is 4.90 Å². The lowest BCUT2D eigenvalue weighted by Gasteiger charge is -2.39. The third-order valence-corrected chi connectivity index (χ3v) is 5.16. The minimum atomic E-state index is -0.661. The van der Waals surface area contributed by atoms with Crippen molar-refractivity contribution in [2.24, 2.45) is 0 Å². The third-order valence-electron chi connectivity index (χ3n) is 5.16. The molecule has 0 bridgehead atoms. The highest BCUT2D eigenvalue weighted by atomic mass is 16.6. The standard InChI is InChI=1S/C21H37NO6/c1-15(18-11-6-8-12-22(18)20(24)28-21(3,4)5)27-19(23)16(2)26-14-17-10-7-9-13-25-17/h15-18H,6-14H2,1-5H3/t15-,16+,17+,18-/m1/s1. The Bertz CT molecular complexity index is 512. The molecule has 0 aliphatic carbocycles. The molecule has 7 heteroatoms. The maximum Gasteiger partial charge on any atom is 0.410 e. The van der Waals surface area contributed by atoms with Crippen molar-refractivity contribution in [3.63, 3.8) is 0 Å². The van der Waals surface area contributed by atoms with Crippen molar-refractivity contribution in [3.8, 4) is 0 Å². The first-order valence-corrected chi connectivity index (χ1v) is 10.6. The van der Waals surface area contributed by atoms with E-state index in [-0.39, 0.29) is 18.2 Å². The van der Waals surface area contributed by atoms with E-state index in [2.05, 4.69) is 0 Å². The number of hydrogen-bond donors (Lipinski definition) is 0. The van der Waals surface area contributed by atoms with Crippen LogP contribution in [0.5, 0.6) is 0 Å². The van der Waals surface area contributed by atoms with Gasteiger partial charge in [0.25, 0.3) is 0 Å². The van der Waals surface area contributed by atoms with Crippen molar-refractivity contribution in [2.45, 2.75) is 103 Å². The van der Waals surface area contributed by atoms with Gasteiger partial charge in [-0.1, -0.05) is 0 Å². The summed E-state index contributed by atoms with van der Waals surface area (Å²) in [6, 6.07) is -0.179. The van der Waals surface area contributed by atoms with Gasteiger partial charge in [0.15, 0.2) is 6.10 Å². The molecule has 0 spiro atoms. The van der Waals surface area contributed by atoms with E-state index in [4.69, 9.17) is 18.9 Å². The van der Waals surface area contributed by atoms with Crippen LogP contribution >= 0.6 is 0 Å². The number of piperidine rings is 1. The summed E-state index contributed by atoms with van der Waals surface area (Å²) in [5.74, 6) is -0.405. The Hall–Kier alpha value is -1.34. The van der Waals surface area contributed by atoms with Crippen molar-refractivity contribution in [1.29, 1.82) is 0 Å². The van der Waals surface area contributed by atoms with Crippen molar-refractivity contribution in [3.05, 3.63) is 0 Å². The monoisotopic (exact) mass is 399 g/mol. The molecule has 1 amide bonds. The normalized spacial score (nSPS) is 25.7. The average Bonchev–Trinajstić information content (AvgIpc) is 2.65. The minimum absolute atomic E-state index is 0.0578. The number of carbonyl (C=O) groups is 2. The summed E-state index contributed by atoms with van der Waals surface area (Å²) in [6.45, 7) is 10.9. The van der Waals surface area contributed by atoms with Gasteiger partial charge in [0.1, 0.15) is 11.7 Å². The van der Waals surface area contributed by atoms with Crippen LogP contribution < -0.4 is 0 Å². The first kappa shape index (κ1) is 22.9. The molecular formula is C21H37NO6. The molecule has 7 nitrogen and oxygen atoms in total. The number of hydrogen-bond acceptors (Lipinski definition) is 6. The molecule has 0 aromatic heterocycles. The molecule has 4 atom stereocenters. The quantitative estimate of drug-likeness (QED) is 0.634. The third kappa shape index (κ3) is 7.24. The first-order valence-electron chi connectivity index (χ1n) is 10.6. The van der Waals surface area contributed by atoms with Crippen molar-refractivity contribution >= 4 is 12.1 Å². The van der Waals surface area contributed by atoms with Gasteiger partial charge in [-0.15, -0.1) is 0 Å². The summed E-state index contributed by atoms with van der Waals surface area (Å²) in [4.78, 5) is 26.7. The summed E-state index contributed by atoms with van der Waals surface area (Å²) in [5, 5.41) is 0. The number of rotatable bonds is 6. The number of ether oxygens (including phenoxy) is 4. The Kier molecular flexibility index (Phi) is 8.56. The van der Waals surface area contributed by atoms with Gasteiger partial charge >= 0.3 is 12.1 Å². The van der Waals surface area contributed by atoms with Crippen LogP contribution in [0.4, 0.5) is 4.79 Å². The first-order chi connectivity index (χ1) is 13.2. The van der Waals surface area contributed by atoms with E-state index in [9.17, 15) is 9.59 Å². The predicted octanol–water partition coefficient (Wildman–Crippen LogP) is 3.68. The van der Waals surface area contributed by atoms with Gasteiger partial charge in [-0.3, -0.25) is 0 Å². The number of likely N-dealkylation sites (tertiary alicyclic amines) is 1. The van der Waals surface area contributed by atoms with Crippen LogP contribution in [0.3, 0.4) is 0 Å². The molecule has 0 N–H and O–H groups in total. The predicted molar refractivity (Wildman–Crippen MR) is 105 cm³/mol. The summed E-state index contributed by atoms with van der Waals surface area (Å²) < 4.78 is 22.5. The Labute approximate surface area is 169 Å². The lowest BCUT2D eigenvalue weighted by Crippen LogP contribution is -2.52. The van der Waals surface area contributed by atoms with E-state index in [1.807, 2.05) is 27.7 Å². The van der Waals surface area contributed by atoms with Crippen LogP contribution in [0, 0.1) is 0 Å². The van der Waals surface area contributed by atoms with Crippen LogP contribution in [0.2, 0.25) is 0 Å². The van der Waals surface area contributed by atoms with Crippen molar-refractivity contribution in [2.75, 3.05) is 19.8 Å². The molecule has 0 aromatic rings. The smallest absolute Gasteiger partial charge is 0.410 e. The minimum Gasteiger partial charge on any atom is -0.459 e. The topological polar surface area (TPSA) is 74.3 Å². The molecule has 28 heavy (non-hydrogen) atoms. The fraction of sp³-hybridized carbons (Fsp3) is 0.905. The lowest BCUT2D eigenvalue weighted by atomic mass is 9.98. The van der Waals surface area contributed by atoms with Gasteiger partial charge in [0.05, 0.1) is 18.8 Å². The lowest BCUT2D eigenvalue weighted by molar-refractivity contribution is -0.167. The molecule has 2 heterocycles. The Morgan fingerprint density at radius 3 is 2.46 bits per heavy atom. The largest absolute Gasteiger partial charge is 0.459 e. The zero-order valence-corrected chi connectivity index (χ0v) is 18.1. The summed E-state index contributed by atoms with van der Waals surface area (Å²) in [7, 11) is 0. The van der Waals surface area contributed by atoms with E-state index < -0.39 is 23.8 Å². The second-order valence-corrected chi connectivity index (χ2v) is 8.84. The fourth-order valence-corrected chi connectivity index (χ4v) is 3.61. The second-order valence-electron chi connectivity index (χ2n) is 8.84. The zero-order valence-electron chi connectivity index (χ0n) is 18.1. The summed E-state index contributed by atoms with van der Waals surface area (Å²) >= 11 is 0. The summed E-state index contributed by atoms with van der Waals surface area (Å²) in [5.41, 5.74) is -0.553. The van der Waals surface area contributed by atoms with E-state index in [0.717, 1.165) is 45.1 Å². The number of amides is 1. The molecule has 0 radical (unpaired) electrons. The molecule has 0 saturated carbocycles. The number of esters is 1. The van der Waals surface area contributed by atoms with Gasteiger partial charge in [-0.05, 0) is 73.1 Å². The Balaban J connectivity index is 1.84. The van der Waals surface area contributed by atoms with Gasteiger partial charge < -0.3 is 23.8 Å². The molecular weight excluding hydrogens is 362 g/mol. The van der Waals surface area contributed by atoms with Crippen molar-refractivity contribution < 1.29 is 28.5 Å². The molecule has 2 fully saturated rings. The molecule has 0 unspecified atom stereocenters. The molecule has 2 aliphatic rings. The molecule has 2 saturated heterocycles. The van der Waals surface area contributed by atoms with E-state index in [1.165, 1.54) is 0 Å². The number of nitrogens with zero attached hydrogens (tertiary/aromatic N) is 1. The number of carbonyl (C=O) groups excluding carboxylic acids is 2. The van der Waals surface area contributed by atoms with E-state index in [0.29, 0.717) is 13.2 Å². The van der Waals surface area contributed by atoms with Crippen LogP contribution in [0.1, 0.15) is 73.1 Å². The Morgan fingerprint density at radius 2 is 1.82 bits per heavy atom. The van der Waals surface area contributed by atoms with Crippen LogP contribution in [0.15, 0.2) is 0 Å². The van der Waals surface area contributed by atoms with Gasteiger partial charge in [0, 0.05) is 13.2 Å². The molecule has 2 rings (SSSR count). The second kappa shape index (κ2) is 10.4. The molecule has 2 aliphatic heterocycles. The van der Waals surface area contributed by atoms with Gasteiger partial charge in [0.2, 0.25) is 0 Å². The van der Waals surface area contributed by atoms with Crippen LogP contribution in [-0.2, 0) is 23.7 Å². The molecule has 162 valence electrons.